The van der Waals surface area contributed by atoms with Crippen molar-refractivity contribution in [2.45, 2.75) is 13.8 Å². The van der Waals surface area contributed by atoms with E-state index >= 15 is 0 Å². The fraction of sp³-hybridized carbons (Fsp3) is 0.182. The van der Waals surface area contributed by atoms with Crippen LogP contribution in [0.1, 0.15) is 19.4 Å². The van der Waals surface area contributed by atoms with E-state index in [4.69, 9.17) is 0 Å². The van der Waals surface area contributed by atoms with Crippen LogP contribution in [-0.4, -0.2) is 11.0 Å². The monoisotopic (exact) mass is 175 g/mol. The van der Waals surface area contributed by atoms with Gasteiger partial charge in [0, 0.05) is 12.5 Å². The highest BCUT2D eigenvalue weighted by molar-refractivity contribution is 5.75. The van der Waals surface area contributed by atoms with Crippen molar-refractivity contribution in [1.29, 1.82) is 0 Å². The van der Waals surface area contributed by atoms with Crippen molar-refractivity contribution in [3.05, 3.63) is 52.9 Å². The molecule has 1 aromatic rings. The first-order chi connectivity index (χ1) is 6.24. The van der Waals surface area contributed by atoms with Crippen molar-refractivity contribution in [3.63, 3.8) is 0 Å². The minimum absolute atomic E-state index is 0.698. The zero-order valence-corrected chi connectivity index (χ0v) is 7.90. The van der Waals surface area contributed by atoms with Crippen molar-refractivity contribution in [2.75, 3.05) is 0 Å². The summed E-state index contributed by atoms with van der Waals surface area (Å²) in [4.78, 5) is 0. The lowest BCUT2D eigenvalue weighted by atomic mass is 10.2. The quantitative estimate of drug-likeness (QED) is 0.293. The van der Waals surface area contributed by atoms with Gasteiger partial charge in [-0.1, -0.05) is 18.2 Å². The fourth-order valence-electron chi connectivity index (χ4n) is 0.904. The molecule has 0 atom stereocenters. The summed E-state index contributed by atoms with van der Waals surface area (Å²) in [6.45, 7) is 3.63. The standard InChI is InChI=1S/C11H13NO/c1-3-10(2)12(13)9-11-7-5-4-6-8-11/h3-9H,1-2H3/b10-3+,12-9-. The summed E-state index contributed by atoms with van der Waals surface area (Å²) < 4.78 is 0.870. The second-order valence-corrected chi connectivity index (χ2v) is 2.80. The van der Waals surface area contributed by atoms with Gasteiger partial charge in [0.1, 0.15) is 0 Å². The zero-order valence-electron chi connectivity index (χ0n) is 7.90. The molecule has 0 radical (unpaired) electrons. The van der Waals surface area contributed by atoms with E-state index in [2.05, 4.69) is 0 Å². The first-order valence-corrected chi connectivity index (χ1v) is 4.23. The molecule has 13 heavy (non-hydrogen) atoms. The molecule has 0 aliphatic heterocycles. The first kappa shape index (κ1) is 9.52. The van der Waals surface area contributed by atoms with Crippen LogP contribution in [0, 0.1) is 5.21 Å². The van der Waals surface area contributed by atoms with Crippen LogP contribution in [0.5, 0.6) is 0 Å². The molecule has 0 N–H and O–H groups in total. The minimum Gasteiger partial charge on any atom is -0.618 e. The molecule has 2 heteroatoms. The van der Waals surface area contributed by atoms with Crippen LogP contribution >= 0.6 is 0 Å². The van der Waals surface area contributed by atoms with Crippen LogP contribution < -0.4 is 0 Å². The van der Waals surface area contributed by atoms with E-state index in [1.54, 1.807) is 19.2 Å². The summed E-state index contributed by atoms with van der Waals surface area (Å²) in [5.41, 5.74) is 1.61. The summed E-state index contributed by atoms with van der Waals surface area (Å²) in [5, 5.41) is 11.3. The molecule has 0 saturated heterocycles. The third kappa shape index (κ3) is 2.75. The molecule has 0 aliphatic rings. The summed E-state index contributed by atoms with van der Waals surface area (Å²) >= 11 is 0. The number of benzene rings is 1. The van der Waals surface area contributed by atoms with Crippen molar-refractivity contribution in [3.8, 4) is 0 Å². The molecule has 0 fully saturated rings. The average Bonchev–Trinajstić information content (AvgIpc) is 2.18. The van der Waals surface area contributed by atoms with Crippen LogP contribution in [0.3, 0.4) is 0 Å². The maximum atomic E-state index is 11.3. The van der Waals surface area contributed by atoms with Gasteiger partial charge in [-0.2, -0.15) is 4.74 Å². The Hall–Kier alpha value is -1.57. The van der Waals surface area contributed by atoms with E-state index in [9.17, 15) is 5.21 Å². The van der Waals surface area contributed by atoms with Gasteiger partial charge in [0.05, 0.1) is 0 Å². The Bertz CT molecular complexity index is 325. The first-order valence-electron chi connectivity index (χ1n) is 4.23. The van der Waals surface area contributed by atoms with E-state index in [0.717, 1.165) is 10.3 Å². The van der Waals surface area contributed by atoms with Crippen LogP contribution in [0.2, 0.25) is 0 Å². The molecule has 68 valence electrons. The van der Waals surface area contributed by atoms with Crippen molar-refractivity contribution < 1.29 is 4.74 Å². The molecule has 0 saturated carbocycles. The molecule has 0 amide bonds. The molecule has 0 bridgehead atoms. The SMILES string of the molecule is C/C=C(C)/[N+]([O-])=C/c1ccccc1. The summed E-state index contributed by atoms with van der Waals surface area (Å²) in [5.74, 6) is 0. The molecule has 0 heterocycles. The van der Waals surface area contributed by atoms with Gasteiger partial charge in [0.15, 0.2) is 11.9 Å². The highest BCUT2D eigenvalue weighted by Gasteiger charge is 1.96. The summed E-state index contributed by atoms with van der Waals surface area (Å²) in [6.07, 6.45) is 3.35. The molecule has 1 rings (SSSR count). The number of hydroxylamine groups is 1. The molecule has 0 aromatic heterocycles. The second kappa shape index (κ2) is 4.45. The molecule has 2 nitrogen and oxygen atoms in total. The van der Waals surface area contributed by atoms with Crippen molar-refractivity contribution in [2.24, 2.45) is 0 Å². The van der Waals surface area contributed by atoms with Gasteiger partial charge in [0.25, 0.3) is 0 Å². The maximum Gasteiger partial charge on any atom is 0.187 e. The minimum atomic E-state index is 0.698. The predicted molar refractivity (Wildman–Crippen MR) is 54.7 cm³/mol. The Kier molecular flexibility index (Phi) is 3.26. The number of hydrogen-bond donors (Lipinski definition) is 0. The summed E-state index contributed by atoms with van der Waals surface area (Å²) in [7, 11) is 0. The Labute approximate surface area is 78.4 Å². The third-order valence-electron chi connectivity index (χ3n) is 1.83. The lowest BCUT2D eigenvalue weighted by molar-refractivity contribution is -0.395. The topological polar surface area (TPSA) is 26.1 Å². The van der Waals surface area contributed by atoms with Gasteiger partial charge in [-0.05, 0) is 25.1 Å². The van der Waals surface area contributed by atoms with Gasteiger partial charge in [-0.3, -0.25) is 0 Å². The normalized spacial score (nSPS) is 13.1. The van der Waals surface area contributed by atoms with Gasteiger partial charge in [0.2, 0.25) is 0 Å². The maximum absolute atomic E-state index is 11.3. The largest absolute Gasteiger partial charge is 0.618 e. The Morgan fingerprint density at radius 2 is 1.92 bits per heavy atom. The van der Waals surface area contributed by atoms with E-state index in [1.807, 2.05) is 37.3 Å². The van der Waals surface area contributed by atoms with Gasteiger partial charge in [-0.25, -0.2) is 0 Å². The molecular weight excluding hydrogens is 162 g/mol. The predicted octanol–water partition coefficient (Wildman–Crippen LogP) is 2.54. The highest BCUT2D eigenvalue weighted by Crippen LogP contribution is 1.97. The van der Waals surface area contributed by atoms with Crippen LogP contribution in [0.15, 0.2) is 42.1 Å². The number of nitrogens with zero attached hydrogens (tertiary/aromatic N) is 1. The number of rotatable bonds is 2. The lowest BCUT2D eigenvalue weighted by Crippen LogP contribution is -2.02. The molecule has 0 spiro atoms. The second-order valence-electron chi connectivity index (χ2n) is 2.80. The smallest absolute Gasteiger partial charge is 0.187 e. The van der Waals surface area contributed by atoms with Crippen molar-refractivity contribution in [1.82, 2.24) is 0 Å². The van der Waals surface area contributed by atoms with Crippen LogP contribution in [-0.2, 0) is 0 Å². The number of allylic oxidation sites excluding steroid dienone is 2. The van der Waals surface area contributed by atoms with Gasteiger partial charge in [-0.15, -0.1) is 0 Å². The Balaban J connectivity index is 2.89. The zero-order chi connectivity index (χ0) is 9.68. The fourth-order valence-corrected chi connectivity index (χ4v) is 0.904. The van der Waals surface area contributed by atoms with E-state index < -0.39 is 0 Å². The Morgan fingerprint density at radius 1 is 1.31 bits per heavy atom. The van der Waals surface area contributed by atoms with Gasteiger partial charge >= 0.3 is 0 Å². The van der Waals surface area contributed by atoms with E-state index in [0.29, 0.717) is 5.70 Å². The van der Waals surface area contributed by atoms with Crippen LogP contribution in [0.25, 0.3) is 0 Å². The summed E-state index contributed by atoms with van der Waals surface area (Å²) in [6, 6.07) is 9.53. The highest BCUT2D eigenvalue weighted by atomic mass is 16.5. The van der Waals surface area contributed by atoms with Gasteiger partial charge < -0.3 is 5.21 Å². The molecule has 1 aromatic carbocycles. The van der Waals surface area contributed by atoms with E-state index in [1.165, 1.54) is 0 Å². The lowest BCUT2D eigenvalue weighted by Gasteiger charge is -2.01. The average molecular weight is 175 g/mol. The third-order valence-corrected chi connectivity index (χ3v) is 1.83. The van der Waals surface area contributed by atoms with E-state index in [-0.39, 0.29) is 0 Å². The Morgan fingerprint density at radius 3 is 2.46 bits per heavy atom. The number of hydrogen-bond acceptors (Lipinski definition) is 1. The molecule has 0 aliphatic carbocycles. The molecular formula is C11H13NO. The van der Waals surface area contributed by atoms with Crippen LogP contribution in [0.4, 0.5) is 0 Å². The molecule has 0 unspecified atom stereocenters. The van der Waals surface area contributed by atoms with Crippen molar-refractivity contribution >= 4 is 6.21 Å².